The monoisotopic (exact) mass is 550 g/mol. The van der Waals surface area contributed by atoms with Crippen molar-refractivity contribution in [2.45, 2.75) is 0 Å². The number of fused-ring (bicyclic) bond motifs is 5. The predicted molar refractivity (Wildman–Crippen MR) is 184 cm³/mol. The lowest BCUT2D eigenvalue weighted by Gasteiger charge is -2.20. The number of nitrogens with zero attached hydrogens (tertiary/aromatic N) is 2. The van der Waals surface area contributed by atoms with Crippen LogP contribution >= 0.6 is 0 Å². The van der Waals surface area contributed by atoms with Crippen molar-refractivity contribution in [1.82, 2.24) is 4.57 Å². The number of hydrogen-bond donors (Lipinski definition) is 0. The molecule has 0 radical (unpaired) electrons. The van der Waals surface area contributed by atoms with Crippen LogP contribution in [0, 0.1) is 0 Å². The summed E-state index contributed by atoms with van der Waals surface area (Å²) in [5.41, 5.74) is 10.8. The largest absolute Gasteiger partial charge is 0.345 e. The van der Waals surface area contributed by atoms with Gasteiger partial charge in [-0.05, 0) is 69.9 Å². The standard InChI is InChI=1S/C41H30N2/c1-42(33-14-6-3-7-15-33)34-24-21-32(22-25-34)37-17-10-18-38-40-36-16-9-8-13-31(36)23-28-39(40)43(41(37)38)35-26-19-30(20-27-35)29-11-4-2-5-12-29/h2-28H,1H3. The molecule has 8 aromatic rings. The number of para-hydroxylation sites is 2. The van der Waals surface area contributed by atoms with Crippen LogP contribution in [-0.4, -0.2) is 11.6 Å². The van der Waals surface area contributed by atoms with Gasteiger partial charge in [-0.3, -0.25) is 0 Å². The van der Waals surface area contributed by atoms with E-state index in [9.17, 15) is 0 Å². The average molecular weight is 551 g/mol. The maximum absolute atomic E-state index is 2.45. The molecule has 204 valence electrons. The van der Waals surface area contributed by atoms with E-state index in [0.29, 0.717) is 0 Å². The summed E-state index contributed by atoms with van der Waals surface area (Å²) in [6.07, 6.45) is 0. The van der Waals surface area contributed by atoms with Crippen molar-refractivity contribution in [2.75, 3.05) is 11.9 Å². The van der Waals surface area contributed by atoms with Crippen molar-refractivity contribution in [3.8, 4) is 27.9 Å². The number of rotatable bonds is 5. The van der Waals surface area contributed by atoms with Crippen molar-refractivity contribution in [2.24, 2.45) is 0 Å². The molecule has 0 saturated heterocycles. The lowest BCUT2D eigenvalue weighted by atomic mass is 9.99. The molecular formula is C41H30N2. The Balaban J connectivity index is 1.34. The molecule has 2 nitrogen and oxygen atoms in total. The minimum atomic E-state index is 1.16. The summed E-state index contributed by atoms with van der Waals surface area (Å²) in [6, 6.07) is 59.0. The van der Waals surface area contributed by atoms with Gasteiger partial charge in [0.25, 0.3) is 0 Å². The third-order valence-corrected chi connectivity index (χ3v) is 8.62. The van der Waals surface area contributed by atoms with Gasteiger partial charge in [0.05, 0.1) is 11.0 Å². The molecular weight excluding hydrogens is 520 g/mol. The summed E-state index contributed by atoms with van der Waals surface area (Å²) in [4.78, 5) is 2.22. The van der Waals surface area contributed by atoms with Crippen molar-refractivity contribution in [1.29, 1.82) is 0 Å². The van der Waals surface area contributed by atoms with Gasteiger partial charge in [0, 0.05) is 40.4 Å². The highest BCUT2D eigenvalue weighted by Gasteiger charge is 2.18. The summed E-state index contributed by atoms with van der Waals surface area (Å²) in [5.74, 6) is 0. The first kappa shape index (κ1) is 25.1. The van der Waals surface area contributed by atoms with Crippen LogP contribution in [0.4, 0.5) is 11.4 Å². The molecule has 2 heteroatoms. The lowest BCUT2D eigenvalue weighted by molar-refractivity contribution is 1.18. The van der Waals surface area contributed by atoms with E-state index in [1.807, 2.05) is 0 Å². The predicted octanol–water partition coefficient (Wildman–Crippen LogP) is 11.0. The maximum atomic E-state index is 2.45. The zero-order valence-electron chi connectivity index (χ0n) is 24.0. The van der Waals surface area contributed by atoms with E-state index in [0.717, 1.165) is 11.4 Å². The van der Waals surface area contributed by atoms with E-state index in [1.165, 1.54) is 60.5 Å². The lowest BCUT2D eigenvalue weighted by Crippen LogP contribution is -2.08. The molecule has 0 N–H and O–H groups in total. The second-order valence-corrected chi connectivity index (χ2v) is 11.1. The molecule has 0 aliphatic heterocycles. The quantitative estimate of drug-likeness (QED) is 0.207. The Hall–Kier alpha value is -5.60. The van der Waals surface area contributed by atoms with Gasteiger partial charge in [0.2, 0.25) is 0 Å². The van der Waals surface area contributed by atoms with Crippen LogP contribution in [0.2, 0.25) is 0 Å². The second-order valence-electron chi connectivity index (χ2n) is 11.1. The molecule has 43 heavy (non-hydrogen) atoms. The summed E-state index contributed by atoms with van der Waals surface area (Å²) in [6.45, 7) is 0. The van der Waals surface area contributed by atoms with E-state index >= 15 is 0 Å². The van der Waals surface area contributed by atoms with E-state index in [4.69, 9.17) is 0 Å². The third kappa shape index (κ3) is 4.27. The van der Waals surface area contributed by atoms with E-state index in [-0.39, 0.29) is 0 Å². The van der Waals surface area contributed by atoms with Crippen LogP contribution in [0.1, 0.15) is 0 Å². The molecule has 1 heterocycles. The molecule has 7 aromatic carbocycles. The Labute approximate surface area is 251 Å². The minimum Gasteiger partial charge on any atom is -0.345 e. The van der Waals surface area contributed by atoms with E-state index in [2.05, 4.69) is 180 Å². The highest BCUT2D eigenvalue weighted by atomic mass is 15.1. The maximum Gasteiger partial charge on any atom is 0.0619 e. The summed E-state index contributed by atoms with van der Waals surface area (Å²) >= 11 is 0. The molecule has 0 fully saturated rings. The highest BCUT2D eigenvalue weighted by Crippen LogP contribution is 2.41. The van der Waals surface area contributed by atoms with Crippen molar-refractivity contribution < 1.29 is 0 Å². The molecule has 0 atom stereocenters. The topological polar surface area (TPSA) is 8.17 Å². The molecule has 0 bridgehead atoms. The number of anilines is 2. The van der Waals surface area contributed by atoms with Gasteiger partial charge < -0.3 is 9.47 Å². The Kier molecular flexibility index (Phi) is 6.05. The van der Waals surface area contributed by atoms with E-state index in [1.54, 1.807) is 0 Å². The van der Waals surface area contributed by atoms with E-state index < -0.39 is 0 Å². The van der Waals surface area contributed by atoms with Gasteiger partial charge >= 0.3 is 0 Å². The molecule has 0 saturated carbocycles. The first-order valence-electron chi connectivity index (χ1n) is 14.8. The van der Waals surface area contributed by atoms with Crippen LogP contribution in [0.3, 0.4) is 0 Å². The second kappa shape index (κ2) is 10.3. The first-order valence-corrected chi connectivity index (χ1v) is 14.8. The van der Waals surface area contributed by atoms with Crippen molar-refractivity contribution >= 4 is 44.0 Å². The molecule has 0 amide bonds. The van der Waals surface area contributed by atoms with Gasteiger partial charge in [0.15, 0.2) is 0 Å². The number of benzene rings is 7. The third-order valence-electron chi connectivity index (χ3n) is 8.62. The SMILES string of the molecule is CN(c1ccccc1)c1ccc(-c2cccc3c4c5ccccc5ccc4n(-c4ccc(-c5ccccc5)cc4)c23)cc1. The minimum absolute atomic E-state index is 1.16. The van der Waals surface area contributed by atoms with Crippen LogP contribution < -0.4 is 4.90 Å². The van der Waals surface area contributed by atoms with Gasteiger partial charge in [0.1, 0.15) is 0 Å². The Bertz CT molecular complexity index is 2210. The van der Waals surface area contributed by atoms with Crippen LogP contribution in [0.5, 0.6) is 0 Å². The summed E-state index contributed by atoms with van der Waals surface area (Å²) < 4.78 is 2.45. The average Bonchev–Trinajstić information content (AvgIpc) is 3.44. The van der Waals surface area contributed by atoms with Gasteiger partial charge in [-0.15, -0.1) is 0 Å². The van der Waals surface area contributed by atoms with Crippen LogP contribution in [0.15, 0.2) is 164 Å². The van der Waals surface area contributed by atoms with Crippen LogP contribution in [-0.2, 0) is 0 Å². The summed E-state index contributed by atoms with van der Waals surface area (Å²) in [7, 11) is 2.12. The smallest absolute Gasteiger partial charge is 0.0619 e. The fraction of sp³-hybridized carbons (Fsp3) is 0.0244. The molecule has 8 rings (SSSR count). The molecule has 0 aliphatic rings. The summed E-state index contributed by atoms with van der Waals surface area (Å²) in [5, 5.41) is 5.10. The fourth-order valence-corrected chi connectivity index (χ4v) is 6.44. The normalized spacial score (nSPS) is 11.4. The Morgan fingerprint density at radius 2 is 1.05 bits per heavy atom. The van der Waals surface area contributed by atoms with Crippen molar-refractivity contribution in [3.05, 3.63) is 164 Å². The molecule has 0 spiro atoms. The number of aromatic nitrogens is 1. The van der Waals surface area contributed by atoms with Crippen LogP contribution in [0.25, 0.3) is 60.5 Å². The van der Waals surface area contributed by atoms with Gasteiger partial charge in [-0.1, -0.05) is 121 Å². The molecule has 0 aliphatic carbocycles. The fourth-order valence-electron chi connectivity index (χ4n) is 6.44. The molecule has 0 unspecified atom stereocenters. The zero-order valence-corrected chi connectivity index (χ0v) is 24.0. The zero-order chi connectivity index (χ0) is 28.8. The highest BCUT2D eigenvalue weighted by molar-refractivity contribution is 6.23. The molecule has 1 aromatic heterocycles. The Morgan fingerprint density at radius 3 is 1.81 bits per heavy atom. The Morgan fingerprint density at radius 1 is 0.442 bits per heavy atom. The number of hydrogen-bond acceptors (Lipinski definition) is 1. The van der Waals surface area contributed by atoms with Crippen molar-refractivity contribution in [3.63, 3.8) is 0 Å². The van der Waals surface area contributed by atoms with Gasteiger partial charge in [-0.25, -0.2) is 0 Å². The van der Waals surface area contributed by atoms with Gasteiger partial charge in [-0.2, -0.15) is 0 Å². The first-order chi connectivity index (χ1) is 21.3.